The standard InChI is InChI=1S/C13H24N2O2/c1-12(2)10(8-13(12,3)17-4)15-11(16)9-6-5-7-14-9/h9-10,14H,5-8H2,1-4H3,(H,15,16)/t9-,10-,13-/m0/s1. The molecule has 17 heavy (non-hydrogen) atoms. The summed E-state index contributed by atoms with van der Waals surface area (Å²) in [5.41, 5.74) is -0.121. The smallest absolute Gasteiger partial charge is 0.237 e. The molecule has 2 rings (SSSR count). The maximum absolute atomic E-state index is 12.0. The number of amides is 1. The van der Waals surface area contributed by atoms with Crippen molar-refractivity contribution in [2.45, 2.75) is 57.7 Å². The first-order valence-corrected chi connectivity index (χ1v) is 6.49. The van der Waals surface area contributed by atoms with Gasteiger partial charge in [0.1, 0.15) is 0 Å². The number of carbonyl (C=O) groups excluding carboxylic acids is 1. The van der Waals surface area contributed by atoms with Gasteiger partial charge in [0, 0.05) is 18.6 Å². The zero-order chi connectivity index (χ0) is 12.7. The van der Waals surface area contributed by atoms with E-state index in [1.165, 1.54) is 0 Å². The van der Waals surface area contributed by atoms with Gasteiger partial charge in [-0.05, 0) is 32.7 Å². The number of methoxy groups -OCH3 is 1. The molecule has 1 aliphatic carbocycles. The summed E-state index contributed by atoms with van der Waals surface area (Å²) in [7, 11) is 1.75. The minimum atomic E-state index is -0.117. The third-order valence-electron chi connectivity index (χ3n) is 4.97. The van der Waals surface area contributed by atoms with Crippen LogP contribution in [-0.4, -0.2) is 37.2 Å². The van der Waals surface area contributed by atoms with Crippen LogP contribution < -0.4 is 10.6 Å². The van der Waals surface area contributed by atoms with E-state index in [1.54, 1.807) is 7.11 Å². The van der Waals surface area contributed by atoms with Crippen LogP contribution >= 0.6 is 0 Å². The van der Waals surface area contributed by atoms with Gasteiger partial charge >= 0.3 is 0 Å². The third kappa shape index (κ3) is 1.97. The highest BCUT2D eigenvalue weighted by Crippen LogP contribution is 2.51. The average molecular weight is 240 g/mol. The van der Waals surface area contributed by atoms with Gasteiger partial charge in [0.15, 0.2) is 0 Å². The van der Waals surface area contributed by atoms with Gasteiger partial charge < -0.3 is 15.4 Å². The molecule has 1 saturated carbocycles. The van der Waals surface area contributed by atoms with E-state index in [2.05, 4.69) is 31.4 Å². The second-order valence-electron chi connectivity index (χ2n) is 6.07. The van der Waals surface area contributed by atoms with Gasteiger partial charge in [-0.3, -0.25) is 4.79 Å². The molecule has 0 spiro atoms. The molecule has 4 nitrogen and oxygen atoms in total. The van der Waals surface area contributed by atoms with E-state index < -0.39 is 0 Å². The highest BCUT2D eigenvalue weighted by molar-refractivity contribution is 5.82. The van der Waals surface area contributed by atoms with Gasteiger partial charge in [-0.2, -0.15) is 0 Å². The molecular weight excluding hydrogens is 216 g/mol. The fourth-order valence-corrected chi connectivity index (χ4v) is 2.90. The molecule has 0 aromatic heterocycles. The maximum atomic E-state index is 12.0. The Balaban J connectivity index is 1.91. The van der Waals surface area contributed by atoms with Crippen molar-refractivity contribution in [1.29, 1.82) is 0 Å². The van der Waals surface area contributed by atoms with Crippen LogP contribution in [0.4, 0.5) is 0 Å². The summed E-state index contributed by atoms with van der Waals surface area (Å²) in [6.45, 7) is 7.39. The second-order valence-corrected chi connectivity index (χ2v) is 6.07. The first-order chi connectivity index (χ1) is 7.90. The van der Waals surface area contributed by atoms with Crippen molar-refractivity contribution in [2.75, 3.05) is 13.7 Å². The first kappa shape index (κ1) is 12.8. The molecule has 0 aromatic carbocycles. The van der Waals surface area contributed by atoms with Crippen molar-refractivity contribution in [3.8, 4) is 0 Å². The Morgan fingerprint density at radius 3 is 2.59 bits per heavy atom. The predicted octanol–water partition coefficient (Wildman–Crippen LogP) is 1.06. The minimum Gasteiger partial charge on any atom is -0.378 e. The van der Waals surface area contributed by atoms with Crippen LogP contribution in [0.15, 0.2) is 0 Å². The number of ether oxygens (including phenoxy) is 1. The predicted molar refractivity (Wildman–Crippen MR) is 66.8 cm³/mol. The fraction of sp³-hybridized carbons (Fsp3) is 0.923. The summed E-state index contributed by atoms with van der Waals surface area (Å²) in [4.78, 5) is 12.0. The highest BCUT2D eigenvalue weighted by Gasteiger charge is 2.58. The average Bonchev–Trinajstić information content (AvgIpc) is 2.81. The Labute approximate surface area is 103 Å². The molecule has 0 aromatic rings. The number of hydrogen-bond acceptors (Lipinski definition) is 3. The number of rotatable bonds is 3. The van der Waals surface area contributed by atoms with Crippen LogP contribution in [0.5, 0.6) is 0 Å². The lowest BCUT2D eigenvalue weighted by Crippen LogP contribution is -2.69. The molecule has 2 fully saturated rings. The molecule has 1 heterocycles. The van der Waals surface area contributed by atoms with E-state index in [0.29, 0.717) is 0 Å². The lowest BCUT2D eigenvalue weighted by atomic mass is 9.56. The van der Waals surface area contributed by atoms with Crippen LogP contribution in [0.1, 0.15) is 40.0 Å². The van der Waals surface area contributed by atoms with E-state index >= 15 is 0 Å². The molecule has 3 atom stereocenters. The Bertz CT molecular complexity index is 311. The van der Waals surface area contributed by atoms with Crippen molar-refractivity contribution >= 4 is 5.91 Å². The second kappa shape index (κ2) is 4.25. The van der Waals surface area contributed by atoms with Gasteiger partial charge in [-0.1, -0.05) is 13.8 Å². The van der Waals surface area contributed by atoms with Crippen molar-refractivity contribution < 1.29 is 9.53 Å². The fourth-order valence-electron chi connectivity index (χ4n) is 2.90. The quantitative estimate of drug-likeness (QED) is 0.775. The van der Waals surface area contributed by atoms with Crippen molar-refractivity contribution in [3.63, 3.8) is 0 Å². The molecule has 2 aliphatic rings. The summed E-state index contributed by atoms with van der Waals surface area (Å²) in [5, 5.41) is 6.39. The summed E-state index contributed by atoms with van der Waals surface area (Å²) >= 11 is 0. The molecular formula is C13H24N2O2. The summed E-state index contributed by atoms with van der Waals surface area (Å²) in [6, 6.07) is 0.238. The zero-order valence-electron chi connectivity index (χ0n) is 11.3. The Morgan fingerprint density at radius 2 is 2.12 bits per heavy atom. The van der Waals surface area contributed by atoms with Crippen LogP contribution in [0, 0.1) is 5.41 Å². The normalized spacial score (nSPS) is 39.8. The largest absolute Gasteiger partial charge is 0.378 e. The van der Waals surface area contributed by atoms with E-state index in [9.17, 15) is 4.79 Å². The number of nitrogens with one attached hydrogen (secondary N) is 2. The lowest BCUT2D eigenvalue weighted by molar-refractivity contribution is -0.182. The zero-order valence-corrected chi connectivity index (χ0v) is 11.3. The molecule has 1 amide bonds. The number of hydrogen-bond donors (Lipinski definition) is 2. The Hall–Kier alpha value is -0.610. The van der Waals surface area contributed by atoms with Crippen LogP contribution in [0.25, 0.3) is 0 Å². The SMILES string of the molecule is CO[C@@]1(C)C[C@H](NC(=O)[C@@H]2CCCN2)C1(C)C. The van der Waals surface area contributed by atoms with E-state index in [-0.39, 0.29) is 29.0 Å². The van der Waals surface area contributed by atoms with Crippen molar-refractivity contribution in [3.05, 3.63) is 0 Å². The van der Waals surface area contributed by atoms with Crippen molar-refractivity contribution in [2.24, 2.45) is 5.41 Å². The molecule has 4 heteroatoms. The van der Waals surface area contributed by atoms with E-state index in [4.69, 9.17) is 4.74 Å². The monoisotopic (exact) mass is 240 g/mol. The van der Waals surface area contributed by atoms with Gasteiger partial charge in [0.2, 0.25) is 5.91 Å². The minimum absolute atomic E-state index is 0.00395. The summed E-state index contributed by atoms with van der Waals surface area (Å²) < 4.78 is 5.56. The molecule has 1 aliphatic heterocycles. The molecule has 2 N–H and O–H groups in total. The molecule has 0 bridgehead atoms. The highest BCUT2D eigenvalue weighted by atomic mass is 16.5. The van der Waals surface area contributed by atoms with Gasteiger partial charge in [-0.25, -0.2) is 0 Å². The molecule has 1 saturated heterocycles. The van der Waals surface area contributed by atoms with E-state index in [1.807, 2.05) is 0 Å². The number of carbonyl (C=O) groups is 1. The van der Waals surface area contributed by atoms with Gasteiger partial charge in [0.25, 0.3) is 0 Å². The Kier molecular flexibility index (Phi) is 3.21. The molecule has 0 unspecified atom stereocenters. The molecule has 98 valence electrons. The van der Waals surface area contributed by atoms with Crippen LogP contribution in [0.3, 0.4) is 0 Å². The topological polar surface area (TPSA) is 50.4 Å². The Morgan fingerprint density at radius 1 is 1.41 bits per heavy atom. The van der Waals surface area contributed by atoms with E-state index in [0.717, 1.165) is 25.8 Å². The van der Waals surface area contributed by atoms with Crippen LogP contribution in [-0.2, 0) is 9.53 Å². The van der Waals surface area contributed by atoms with Crippen LogP contribution in [0.2, 0.25) is 0 Å². The maximum Gasteiger partial charge on any atom is 0.237 e. The summed E-state index contributed by atoms with van der Waals surface area (Å²) in [6.07, 6.45) is 2.96. The van der Waals surface area contributed by atoms with Gasteiger partial charge in [-0.15, -0.1) is 0 Å². The summed E-state index contributed by atoms with van der Waals surface area (Å²) in [5.74, 6) is 0.152. The third-order valence-corrected chi connectivity index (χ3v) is 4.97. The van der Waals surface area contributed by atoms with Gasteiger partial charge in [0.05, 0.1) is 11.6 Å². The lowest BCUT2D eigenvalue weighted by Gasteiger charge is -2.59. The molecule has 0 radical (unpaired) electrons. The van der Waals surface area contributed by atoms with Crippen molar-refractivity contribution in [1.82, 2.24) is 10.6 Å². The first-order valence-electron chi connectivity index (χ1n) is 6.49.